The molecule has 33 heavy (non-hydrogen) atoms. The van der Waals surface area contributed by atoms with Crippen molar-refractivity contribution in [1.82, 2.24) is 5.32 Å². The number of amides is 1. The molecule has 0 radical (unpaired) electrons. The van der Waals surface area contributed by atoms with Crippen LogP contribution in [-0.4, -0.2) is 43.4 Å². The number of aryl methyl sites for hydroxylation is 1. The fraction of sp³-hybridized carbons (Fsp3) is 0.519. The first kappa shape index (κ1) is 25.2. The minimum atomic E-state index is 0.0308. The Morgan fingerprint density at radius 2 is 1.97 bits per heavy atom. The standard InChI is InChI=1S/C27H39N3O3/c1-19-15-24(10-7-23(19)18-29-17-20(2)28)30(3)27(32)22-8-11-25(12-9-22)33-26-6-4-5-21(16-26)13-14-31/h4-7,10,15-16,20,22,25,29,31H,8-9,11-14,17-18,28H2,1-3H3/t20-,22-,25-/m0/s1. The molecule has 2 aromatic rings. The molecule has 4 N–H and O–H groups in total. The number of carbonyl (C=O) groups excluding carboxylic acids is 1. The topological polar surface area (TPSA) is 87.8 Å². The smallest absolute Gasteiger partial charge is 0.229 e. The Hall–Kier alpha value is -2.41. The van der Waals surface area contributed by atoms with Crippen LogP contribution in [-0.2, 0) is 17.8 Å². The molecular formula is C27H39N3O3. The summed E-state index contributed by atoms with van der Waals surface area (Å²) in [6.07, 6.45) is 4.18. The molecule has 3 rings (SSSR count). The zero-order valence-electron chi connectivity index (χ0n) is 20.2. The SMILES string of the molecule is Cc1cc(N(C)C(=O)[C@H]2CC[C@H](Oc3cccc(CCO)c3)CC2)ccc1CNC[C@H](C)N. The Balaban J connectivity index is 1.51. The molecule has 0 aliphatic heterocycles. The molecule has 0 spiro atoms. The van der Waals surface area contributed by atoms with E-state index in [-0.39, 0.29) is 30.6 Å². The average molecular weight is 454 g/mol. The van der Waals surface area contributed by atoms with Crippen LogP contribution in [0.5, 0.6) is 5.75 Å². The molecule has 1 fully saturated rings. The van der Waals surface area contributed by atoms with Gasteiger partial charge >= 0.3 is 0 Å². The van der Waals surface area contributed by atoms with E-state index in [2.05, 4.69) is 24.4 Å². The van der Waals surface area contributed by atoms with Gasteiger partial charge in [-0.2, -0.15) is 0 Å². The molecule has 1 amide bonds. The van der Waals surface area contributed by atoms with Crippen LogP contribution in [0.3, 0.4) is 0 Å². The molecule has 1 aliphatic carbocycles. The van der Waals surface area contributed by atoms with Gasteiger partial charge in [-0.05, 0) is 86.9 Å². The van der Waals surface area contributed by atoms with Crippen molar-refractivity contribution in [2.45, 2.75) is 64.6 Å². The molecule has 1 saturated carbocycles. The van der Waals surface area contributed by atoms with Gasteiger partial charge in [0.15, 0.2) is 0 Å². The van der Waals surface area contributed by atoms with Gasteiger partial charge in [0.1, 0.15) is 5.75 Å². The van der Waals surface area contributed by atoms with E-state index >= 15 is 0 Å². The predicted octanol–water partition coefficient (Wildman–Crippen LogP) is 3.57. The summed E-state index contributed by atoms with van der Waals surface area (Å²) in [5.74, 6) is 1.06. The van der Waals surface area contributed by atoms with E-state index in [1.165, 1.54) is 11.1 Å². The van der Waals surface area contributed by atoms with Gasteiger partial charge in [-0.1, -0.05) is 18.2 Å². The van der Waals surface area contributed by atoms with Crippen molar-refractivity contribution in [3.8, 4) is 5.75 Å². The predicted molar refractivity (Wildman–Crippen MR) is 134 cm³/mol. The third kappa shape index (κ3) is 7.29. The fourth-order valence-corrected chi connectivity index (χ4v) is 4.45. The molecule has 6 nitrogen and oxygen atoms in total. The first-order valence-electron chi connectivity index (χ1n) is 12.1. The highest BCUT2D eigenvalue weighted by Crippen LogP contribution is 2.30. The number of benzene rings is 2. The molecule has 0 unspecified atom stereocenters. The summed E-state index contributed by atoms with van der Waals surface area (Å²) in [6.45, 7) is 5.76. The minimum absolute atomic E-state index is 0.0308. The maximum absolute atomic E-state index is 13.2. The summed E-state index contributed by atoms with van der Waals surface area (Å²) in [4.78, 5) is 15.0. The van der Waals surface area contributed by atoms with Crippen molar-refractivity contribution in [2.75, 3.05) is 25.1 Å². The number of nitrogens with one attached hydrogen (secondary N) is 1. The van der Waals surface area contributed by atoms with Crippen LogP contribution < -0.4 is 20.7 Å². The molecular weight excluding hydrogens is 414 g/mol. The largest absolute Gasteiger partial charge is 0.490 e. The second-order valence-electron chi connectivity index (χ2n) is 9.33. The summed E-state index contributed by atoms with van der Waals surface area (Å²) < 4.78 is 6.17. The monoisotopic (exact) mass is 453 g/mol. The normalized spacial score (nSPS) is 19.2. The highest BCUT2D eigenvalue weighted by Gasteiger charge is 2.29. The van der Waals surface area contributed by atoms with Gasteiger partial charge in [-0.3, -0.25) is 4.79 Å². The lowest BCUT2D eigenvalue weighted by Crippen LogP contribution is -2.36. The van der Waals surface area contributed by atoms with Crippen LogP contribution in [0.2, 0.25) is 0 Å². The van der Waals surface area contributed by atoms with Crippen LogP contribution in [0, 0.1) is 12.8 Å². The van der Waals surface area contributed by atoms with E-state index in [0.29, 0.717) is 6.42 Å². The summed E-state index contributed by atoms with van der Waals surface area (Å²) in [6, 6.07) is 14.3. The fourth-order valence-electron chi connectivity index (χ4n) is 4.45. The quantitative estimate of drug-likeness (QED) is 0.512. The zero-order valence-corrected chi connectivity index (χ0v) is 20.2. The molecule has 0 aromatic heterocycles. The number of aliphatic hydroxyl groups is 1. The van der Waals surface area contributed by atoms with Gasteiger partial charge in [-0.25, -0.2) is 0 Å². The molecule has 180 valence electrons. The Morgan fingerprint density at radius 1 is 1.21 bits per heavy atom. The number of nitrogens with zero attached hydrogens (tertiary/aromatic N) is 1. The lowest BCUT2D eigenvalue weighted by molar-refractivity contribution is -0.123. The molecule has 2 aromatic carbocycles. The molecule has 0 saturated heterocycles. The van der Waals surface area contributed by atoms with Gasteiger partial charge in [0.2, 0.25) is 5.91 Å². The zero-order chi connectivity index (χ0) is 23.8. The van der Waals surface area contributed by atoms with Crippen molar-refractivity contribution in [3.63, 3.8) is 0 Å². The summed E-state index contributed by atoms with van der Waals surface area (Å²) in [7, 11) is 1.88. The third-order valence-electron chi connectivity index (χ3n) is 6.45. The van der Waals surface area contributed by atoms with Crippen molar-refractivity contribution >= 4 is 11.6 Å². The van der Waals surface area contributed by atoms with E-state index < -0.39 is 0 Å². The first-order chi connectivity index (χ1) is 15.9. The van der Waals surface area contributed by atoms with Crippen LogP contribution in [0.4, 0.5) is 5.69 Å². The minimum Gasteiger partial charge on any atom is -0.490 e. The highest BCUT2D eigenvalue weighted by atomic mass is 16.5. The summed E-state index contributed by atoms with van der Waals surface area (Å²) in [5, 5.41) is 12.5. The number of ether oxygens (including phenoxy) is 1. The number of aliphatic hydroxyl groups excluding tert-OH is 1. The molecule has 6 heteroatoms. The van der Waals surface area contributed by atoms with E-state index in [1.54, 1.807) is 4.90 Å². The second-order valence-corrected chi connectivity index (χ2v) is 9.33. The van der Waals surface area contributed by atoms with E-state index in [4.69, 9.17) is 15.6 Å². The Morgan fingerprint density at radius 3 is 2.64 bits per heavy atom. The Bertz CT molecular complexity index is 907. The summed E-state index contributed by atoms with van der Waals surface area (Å²) >= 11 is 0. The highest BCUT2D eigenvalue weighted by molar-refractivity contribution is 5.94. The van der Waals surface area contributed by atoms with Crippen LogP contribution in [0.15, 0.2) is 42.5 Å². The molecule has 1 atom stereocenters. The van der Waals surface area contributed by atoms with Gasteiger partial charge in [0.25, 0.3) is 0 Å². The van der Waals surface area contributed by atoms with E-state index in [0.717, 1.165) is 55.8 Å². The van der Waals surface area contributed by atoms with Gasteiger partial charge in [-0.15, -0.1) is 0 Å². The van der Waals surface area contributed by atoms with Crippen molar-refractivity contribution in [1.29, 1.82) is 0 Å². The Labute approximate surface area is 198 Å². The lowest BCUT2D eigenvalue weighted by atomic mass is 9.86. The number of hydrogen-bond donors (Lipinski definition) is 3. The number of rotatable bonds is 10. The van der Waals surface area contributed by atoms with Crippen LogP contribution in [0.25, 0.3) is 0 Å². The lowest BCUT2D eigenvalue weighted by Gasteiger charge is -2.31. The average Bonchev–Trinajstić information content (AvgIpc) is 2.80. The van der Waals surface area contributed by atoms with E-state index in [1.807, 2.05) is 44.3 Å². The molecule has 1 aliphatic rings. The first-order valence-corrected chi connectivity index (χ1v) is 12.1. The van der Waals surface area contributed by atoms with Gasteiger partial charge in [0, 0.05) is 44.4 Å². The number of nitrogens with two attached hydrogens (primary N) is 1. The van der Waals surface area contributed by atoms with Gasteiger partial charge in [0.05, 0.1) is 6.10 Å². The maximum Gasteiger partial charge on any atom is 0.229 e. The van der Waals surface area contributed by atoms with Crippen molar-refractivity contribution < 1.29 is 14.6 Å². The van der Waals surface area contributed by atoms with Crippen molar-refractivity contribution in [3.05, 3.63) is 59.2 Å². The molecule has 0 bridgehead atoms. The third-order valence-corrected chi connectivity index (χ3v) is 6.45. The number of anilines is 1. The number of carbonyl (C=O) groups is 1. The second kappa shape index (κ2) is 12.2. The maximum atomic E-state index is 13.2. The van der Waals surface area contributed by atoms with Crippen LogP contribution in [0.1, 0.15) is 49.3 Å². The Kier molecular flexibility index (Phi) is 9.30. The van der Waals surface area contributed by atoms with E-state index in [9.17, 15) is 4.79 Å². The van der Waals surface area contributed by atoms with Gasteiger partial charge < -0.3 is 25.8 Å². The van der Waals surface area contributed by atoms with Crippen molar-refractivity contribution in [2.24, 2.45) is 11.7 Å². The number of hydrogen-bond acceptors (Lipinski definition) is 5. The molecule has 0 heterocycles. The summed E-state index contributed by atoms with van der Waals surface area (Å²) in [5.41, 5.74) is 10.2. The van der Waals surface area contributed by atoms with Crippen LogP contribution >= 0.6 is 0 Å².